The van der Waals surface area contributed by atoms with E-state index in [4.69, 9.17) is 0 Å². The molecular weight excluding hydrogens is 1570 g/mol. The zero-order chi connectivity index (χ0) is 98.4. The highest BCUT2D eigenvalue weighted by molar-refractivity contribution is 7.01. The highest BCUT2D eigenvalue weighted by Gasteiger charge is 2.49. The van der Waals surface area contributed by atoms with Gasteiger partial charge in [-0.05, 0) is 182 Å². The van der Waals surface area contributed by atoms with Gasteiger partial charge >= 0.3 is 0 Å². The van der Waals surface area contributed by atoms with Crippen molar-refractivity contribution in [2.24, 2.45) is 0 Å². The number of hydrogen-bond donors (Lipinski definition) is 0. The zero-order valence-corrected chi connectivity index (χ0v) is 71.9. The fourth-order valence-electron chi connectivity index (χ4n) is 21.8. The van der Waals surface area contributed by atoms with Gasteiger partial charge in [-0.1, -0.05) is 333 Å². The van der Waals surface area contributed by atoms with Crippen molar-refractivity contribution in [3.63, 3.8) is 0 Å². The molecule has 2 aliphatic rings. The van der Waals surface area contributed by atoms with E-state index < -0.39 is 65.9 Å². The summed E-state index contributed by atoms with van der Waals surface area (Å²) < 4.78 is 154. The average molecular weight is 1670 g/mol. The average Bonchev–Trinajstić information content (AvgIpc) is 1.45. The Bertz CT molecular complexity index is 9220. The Balaban J connectivity index is 0.880. The van der Waals surface area contributed by atoms with Crippen molar-refractivity contribution >= 4 is 183 Å². The third kappa shape index (κ3) is 10.6. The fraction of sp³-hybridized carbons (Fsp3) is 0.0656. The van der Waals surface area contributed by atoms with Crippen LogP contribution in [0, 0.1) is 0 Å². The van der Waals surface area contributed by atoms with E-state index in [2.05, 4.69) is 250 Å². The largest absolute Gasteiger partial charge is 0.309 e. The van der Waals surface area contributed by atoms with Gasteiger partial charge < -0.3 is 32.5 Å². The maximum atomic E-state index is 11.2. The summed E-state index contributed by atoms with van der Waals surface area (Å²) in [6.07, 6.45) is 0. The van der Waals surface area contributed by atoms with Crippen molar-refractivity contribution < 1.29 is 19.2 Å². The van der Waals surface area contributed by atoms with Crippen LogP contribution in [0.5, 0.6) is 0 Å². The fourth-order valence-corrected chi connectivity index (χ4v) is 21.8. The molecule has 612 valence electrons. The summed E-state index contributed by atoms with van der Waals surface area (Å²) in [5.41, 5.74) is 21.7. The maximum absolute atomic E-state index is 11.2. The lowest BCUT2D eigenvalue weighted by Crippen LogP contribution is -2.61. The molecule has 27 rings (SSSR count). The molecule has 0 fully saturated rings. The minimum atomic E-state index is -0.862. The molecule has 0 amide bonds. The van der Waals surface area contributed by atoms with Gasteiger partial charge in [0.1, 0.15) is 0 Å². The summed E-state index contributed by atoms with van der Waals surface area (Å²) in [4.78, 5) is 4.98. The van der Waals surface area contributed by atoms with Crippen LogP contribution in [0.4, 0.5) is 34.1 Å². The molecule has 0 N–H and O–H groups in total. The van der Waals surface area contributed by atoms with Gasteiger partial charge in [-0.3, -0.25) is 0 Å². The van der Waals surface area contributed by atoms with Crippen molar-refractivity contribution in [2.75, 3.05) is 9.80 Å². The molecule has 0 atom stereocenters. The van der Waals surface area contributed by atoms with Crippen LogP contribution in [0.15, 0.2) is 412 Å². The van der Waals surface area contributed by atoms with Crippen LogP contribution < -0.4 is 26.2 Å². The van der Waals surface area contributed by atoms with E-state index in [-0.39, 0.29) is 91.2 Å². The Morgan fingerprint density at radius 3 is 0.892 bits per heavy atom. The lowest BCUT2D eigenvalue weighted by atomic mass is 9.33. The van der Waals surface area contributed by atoms with Crippen LogP contribution in [0.2, 0.25) is 0 Å². The molecular formula is C122H86BN7. The first-order valence-electron chi connectivity index (χ1n) is 51.5. The van der Waals surface area contributed by atoms with Gasteiger partial charge in [-0.25, -0.2) is 0 Å². The predicted molar refractivity (Wildman–Crippen MR) is 552 cm³/mol. The number of hydrogen-bond acceptors (Lipinski definition) is 2. The zero-order valence-electron chi connectivity index (χ0n) is 85.9. The molecule has 25 aromatic rings. The molecule has 7 nitrogen and oxygen atoms in total. The monoisotopic (exact) mass is 1670 g/mol. The lowest BCUT2D eigenvalue weighted by Gasteiger charge is -2.46. The molecule has 0 radical (unpaired) electrons. The van der Waals surface area contributed by atoms with E-state index in [0.29, 0.717) is 44.8 Å². The number of para-hydroxylation sites is 8. The third-order valence-corrected chi connectivity index (χ3v) is 27.5. The van der Waals surface area contributed by atoms with Crippen molar-refractivity contribution in [3.8, 4) is 67.3 Å². The molecule has 8 heterocycles. The summed E-state index contributed by atoms with van der Waals surface area (Å²) in [6.45, 7) is 12.6. The van der Waals surface area contributed by atoms with E-state index in [1.807, 2.05) is 143 Å². The number of nitrogens with zero attached hydrogens (tertiary/aromatic N) is 7. The van der Waals surface area contributed by atoms with Gasteiger partial charge in [0.15, 0.2) is 0 Å². The first kappa shape index (κ1) is 61.3. The Morgan fingerprint density at radius 2 is 0.546 bits per heavy atom. The Morgan fingerprint density at radius 1 is 0.246 bits per heavy atom. The molecule has 6 aromatic heterocycles. The first-order chi connectivity index (χ1) is 69.7. The smallest absolute Gasteiger partial charge is 0.252 e. The van der Waals surface area contributed by atoms with Crippen LogP contribution >= 0.6 is 0 Å². The van der Waals surface area contributed by atoms with E-state index in [0.717, 1.165) is 154 Å². The normalized spacial score (nSPS) is 14.5. The van der Waals surface area contributed by atoms with Crippen LogP contribution in [-0.2, 0) is 10.8 Å². The molecule has 0 spiro atoms. The van der Waals surface area contributed by atoms with Crippen LogP contribution in [0.25, 0.3) is 193 Å². The SMILES string of the molecule is [2H]c1c([2H])c([2H])c2c(c1[2H])c1c([2H])c([2H])c(-n3c4ccccc4c4ccccc43)c([2H])c1n2-c1ccc2c(c1)N(c1c(-c3ccccc3)cc(C(C)(C)C)cc1-c1ccccc1)c1c3c(c4c5ccccc5n5c6ccccc6c1c45)N(c1c(-c4ccccc4)cc(C(C)(C)C)cc1-c1ccccc1)c1cc(-n4c5c([2H])c([2H])c([2H])c([2H])c5c5c([2H])c([2H])c(-n6c7ccccc7c7ccccc76)c([2H])c54)ccc1B23. The van der Waals surface area contributed by atoms with Gasteiger partial charge in [0.2, 0.25) is 0 Å². The van der Waals surface area contributed by atoms with Crippen LogP contribution in [-0.4, -0.2) is 29.4 Å². The van der Waals surface area contributed by atoms with Gasteiger partial charge in [-0.15, -0.1) is 0 Å². The van der Waals surface area contributed by atoms with E-state index in [9.17, 15) is 19.2 Å². The summed E-state index contributed by atoms with van der Waals surface area (Å²) in [5.74, 6) is 0. The molecule has 0 saturated heterocycles. The molecule has 8 heteroatoms. The van der Waals surface area contributed by atoms with E-state index in [1.165, 1.54) is 0 Å². The summed E-state index contributed by atoms with van der Waals surface area (Å²) >= 11 is 0. The van der Waals surface area contributed by atoms with Crippen molar-refractivity contribution in [3.05, 3.63) is 423 Å². The second kappa shape index (κ2) is 27.7. The van der Waals surface area contributed by atoms with E-state index in [1.54, 1.807) is 9.13 Å². The van der Waals surface area contributed by atoms with Crippen molar-refractivity contribution in [2.45, 2.75) is 52.4 Å². The second-order valence-electron chi connectivity index (χ2n) is 36.7. The van der Waals surface area contributed by atoms with Crippen LogP contribution in [0.1, 0.15) is 71.9 Å². The van der Waals surface area contributed by atoms with E-state index >= 15 is 0 Å². The summed E-state index contributed by atoms with van der Waals surface area (Å²) in [7, 11) is 0. The van der Waals surface area contributed by atoms with Gasteiger partial charge in [0.25, 0.3) is 6.71 Å². The number of rotatable bonds is 10. The topological polar surface area (TPSA) is 30.6 Å². The number of fused-ring (bicyclic) bond motifs is 24. The number of benzene rings is 19. The summed E-state index contributed by atoms with van der Waals surface area (Å²) in [5, 5.41) is 7.09. The minimum Gasteiger partial charge on any atom is -0.309 e. The van der Waals surface area contributed by atoms with Crippen molar-refractivity contribution in [1.29, 1.82) is 0 Å². The number of aromatic nitrogens is 5. The Labute approximate surface area is 772 Å². The minimum absolute atomic E-state index is 0.00142. The van der Waals surface area contributed by atoms with Gasteiger partial charge in [-0.2, -0.15) is 0 Å². The lowest BCUT2D eigenvalue weighted by molar-refractivity contribution is 0.590. The van der Waals surface area contributed by atoms with Crippen LogP contribution in [0.3, 0.4) is 0 Å². The van der Waals surface area contributed by atoms with Crippen molar-refractivity contribution in [1.82, 2.24) is 22.7 Å². The molecule has 19 aromatic carbocycles. The predicted octanol–water partition coefficient (Wildman–Crippen LogP) is 30.6. The standard InChI is InChI=1S/C122H86BN7/c1-121(2,3)79-67-95(75-35-11-7-12-36-75)116(96(68-79)76-37-13-8-14-38-76)129-111-73-83(126-105-55-31-23-47-89(105)91-63-59-81(71-109(91)126)124-101-51-27-19-43-85(101)86-44-20-28-52-102(86)124)61-65-99(111)123-100-66-62-84(127-106-56-32-24-48-90(106)92-64-60-82(72-110(92)127)125-103-53-29-21-45-87(103)88-46-22-30-54-104(88)125)74-112(100)130(117-97(77-39-15-9-16-40-77)69-80(122(4,5)6)70-98(117)78-41-17-10-18-42-78)120-114-94-50-26-34-58-108(94)128-107-57-33-25-49-93(107)113(118(114)128)119(129)115(120)123/h7-74H,1-6H3/i23D,24D,31D,32D,47D,48D,55D,56D,59D,60D,63D,64D,71D,72D. The maximum Gasteiger partial charge on any atom is 0.252 e. The summed E-state index contributed by atoms with van der Waals surface area (Å²) in [6, 6.07) is 107. The molecule has 0 aliphatic carbocycles. The molecule has 2 aliphatic heterocycles. The molecule has 0 unspecified atom stereocenters. The first-order valence-corrected chi connectivity index (χ1v) is 44.5. The molecule has 0 bridgehead atoms. The van der Waals surface area contributed by atoms with Gasteiger partial charge in [0, 0.05) is 121 Å². The number of anilines is 6. The molecule has 130 heavy (non-hydrogen) atoms. The second-order valence-corrected chi connectivity index (χ2v) is 36.7. The van der Waals surface area contributed by atoms with Gasteiger partial charge in [0.05, 0.1) is 103 Å². The molecule has 0 saturated carbocycles. The Hall–Kier alpha value is -16.2. The highest BCUT2D eigenvalue weighted by Crippen LogP contribution is 2.60. The Kier molecular flexibility index (Phi) is 13.0. The third-order valence-electron chi connectivity index (χ3n) is 27.5. The highest BCUT2D eigenvalue weighted by atomic mass is 15.2. The quantitative estimate of drug-likeness (QED) is 0.128.